The van der Waals surface area contributed by atoms with E-state index in [2.05, 4.69) is 11.2 Å². The molecular weight excluding hydrogens is 451 g/mol. The van der Waals surface area contributed by atoms with Gasteiger partial charge >= 0.3 is 0 Å². The summed E-state index contributed by atoms with van der Waals surface area (Å²) >= 11 is 0. The average Bonchev–Trinajstić information content (AvgIpc) is 3.00. The summed E-state index contributed by atoms with van der Waals surface area (Å²) in [5.74, 6) is 2.49. The van der Waals surface area contributed by atoms with Gasteiger partial charge in [-0.25, -0.2) is 14.4 Å². The third-order valence-corrected chi connectivity index (χ3v) is 6.15. The zero-order valence-corrected chi connectivity index (χ0v) is 20.4. The molecule has 0 radical (unpaired) electrons. The van der Waals surface area contributed by atoms with Crippen LogP contribution in [0.3, 0.4) is 0 Å². The van der Waals surface area contributed by atoms with Gasteiger partial charge in [-0.15, -0.1) is 12.3 Å². The lowest BCUT2D eigenvalue weighted by Crippen LogP contribution is -2.19. The van der Waals surface area contributed by atoms with Gasteiger partial charge in [-0.05, 0) is 66.7 Å². The number of nitrogens with one attached hydrogen (secondary N) is 1. The number of terminal acetylenes is 1. The van der Waals surface area contributed by atoms with E-state index in [1.807, 2.05) is 43.3 Å². The smallest absolute Gasteiger partial charge is 0.229 e. The van der Waals surface area contributed by atoms with Crippen molar-refractivity contribution in [2.75, 3.05) is 5.32 Å². The van der Waals surface area contributed by atoms with Crippen LogP contribution in [0.25, 0.3) is 5.57 Å². The molecule has 1 heterocycles. The zero-order valence-electron chi connectivity index (χ0n) is 20.4. The second-order valence-electron chi connectivity index (χ2n) is 8.93. The maximum Gasteiger partial charge on any atom is 0.229 e. The van der Waals surface area contributed by atoms with Crippen molar-refractivity contribution in [1.82, 2.24) is 9.97 Å². The van der Waals surface area contributed by atoms with Crippen LogP contribution < -0.4 is 11.1 Å². The molecular formula is C30H29FN4O. The number of aromatic nitrogens is 2. The summed E-state index contributed by atoms with van der Waals surface area (Å²) in [4.78, 5) is 22.8. The quantitative estimate of drug-likeness (QED) is 0.446. The van der Waals surface area contributed by atoms with Crippen LogP contribution in [0.2, 0.25) is 0 Å². The Morgan fingerprint density at radius 3 is 2.58 bits per heavy atom. The van der Waals surface area contributed by atoms with Crippen LogP contribution in [0.1, 0.15) is 54.4 Å². The molecule has 1 amide bonds. The third kappa shape index (κ3) is 6.25. The average molecular weight is 481 g/mol. The number of benzene rings is 2. The maximum atomic E-state index is 13.3. The molecule has 1 aliphatic rings. The van der Waals surface area contributed by atoms with Crippen molar-refractivity contribution in [3.05, 3.63) is 106 Å². The lowest BCUT2D eigenvalue weighted by molar-refractivity contribution is -0.115. The number of nitrogens with two attached hydrogens (primary N) is 1. The van der Waals surface area contributed by atoms with Crippen molar-refractivity contribution >= 4 is 17.3 Å². The summed E-state index contributed by atoms with van der Waals surface area (Å²) in [6.07, 6.45) is 10.9. The third-order valence-electron chi connectivity index (χ3n) is 6.15. The molecule has 0 unspecified atom stereocenters. The predicted octanol–water partition coefficient (Wildman–Crippen LogP) is 5.36. The molecule has 0 atom stereocenters. The standard InChI is InChI=1S/C30H29FN4O/c1-3-8-25(32)19-23-11-7-12-26-29(20(23)2)33-27(17-21-9-5-4-6-10-21)30(34-26)35-28(36)18-22-13-15-24(31)16-14-22/h1,4-6,9-10,13-16,19H,7-8,11-12,17-18,32H2,2H3,(H,34,35,36)/b25-19+. The van der Waals surface area contributed by atoms with E-state index in [4.69, 9.17) is 22.1 Å². The summed E-state index contributed by atoms with van der Waals surface area (Å²) in [5, 5.41) is 2.96. The van der Waals surface area contributed by atoms with Crippen LogP contribution in [0.15, 0.2) is 71.9 Å². The van der Waals surface area contributed by atoms with Crippen LogP contribution in [-0.4, -0.2) is 15.9 Å². The van der Waals surface area contributed by atoms with E-state index >= 15 is 0 Å². The van der Waals surface area contributed by atoms with E-state index in [-0.39, 0.29) is 18.1 Å². The molecule has 182 valence electrons. The van der Waals surface area contributed by atoms with E-state index in [0.717, 1.165) is 52.9 Å². The number of allylic oxidation sites excluding steroid dienone is 4. The Morgan fingerprint density at radius 2 is 1.86 bits per heavy atom. The molecule has 6 heteroatoms. The zero-order chi connectivity index (χ0) is 25.5. The maximum absolute atomic E-state index is 13.3. The van der Waals surface area contributed by atoms with Crippen molar-refractivity contribution in [3.8, 4) is 12.3 Å². The molecule has 0 fully saturated rings. The number of fused-ring (bicyclic) bond motifs is 1. The minimum absolute atomic E-state index is 0.117. The first kappa shape index (κ1) is 24.9. The van der Waals surface area contributed by atoms with Crippen LogP contribution >= 0.6 is 0 Å². The summed E-state index contributed by atoms with van der Waals surface area (Å²) in [6.45, 7) is 2.03. The molecule has 0 aliphatic heterocycles. The number of rotatable bonds is 7. The van der Waals surface area contributed by atoms with Gasteiger partial charge in [0.1, 0.15) is 5.82 Å². The molecule has 2 aromatic carbocycles. The monoisotopic (exact) mass is 480 g/mol. The Labute approximate surface area is 211 Å². The summed E-state index contributed by atoms with van der Waals surface area (Å²) in [6, 6.07) is 15.9. The first-order valence-electron chi connectivity index (χ1n) is 12.0. The minimum atomic E-state index is -0.334. The van der Waals surface area contributed by atoms with Crippen molar-refractivity contribution in [2.45, 2.75) is 45.4 Å². The Hall–Kier alpha value is -4.24. The van der Waals surface area contributed by atoms with Crippen LogP contribution in [-0.2, 0) is 24.1 Å². The van der Waals surface area contributed by atoms with E-state index in [1.165, 1.54) is 12.1 Å². The van der Waals surface area contributed by atoms with Crippen molar-refractivity contribution in [2.24, 2.45) is 5.73 Å². The Morgan fingerprint density at radius 1 is 1.11 bits per heavy atom. The van der Waals surface area contributed by atoms with E-state index < -0.39 is 0 Å². The highest BCUT2D eigenvalue weighted by molar-refractivity contribution is 5.92. The molecule has 1 aromatic heterocycles. The van der Waals surface area contributed by atoms with Gasteiger partial charge in [0.25, 0.3) is 0 Å². The van der Waals surface area contributed by atoms with Crippen molar-refractivity contribution in [1.29, 1.82) is 0 Å². The number of nitrogens with zero attached hydrogens (tertiary/aromatic N) is 2. The Bertz CT molecular complexity index is 1350. The molecule has 5 nitrogen and oxygen atoms in total. The molecule has 3 N–H and O–H groups in total. The van der Waals surface area contributed by atoms with Crippen LogP contribution in [0.4, 0.5) is 10.2 Å². The fraction of sp³-hybridized carbons (Fsp3) is 0.233. The molecule has 0 saturated heterocycles. The highest BCUT2D eigenvalue weighted by Crippen LogP contribution is 2.31. The number of carbonyl (C=O) groups excluding carboxylic acids is 1. The van der Waals surface area contributed by atoms with Gasteiger partial charge in [-0.2, -0.15) is 0 Å². The van der Waals surface area contributed by atoms with Crippen LogP contribution in [0, 0.1) is 18.2 Å². The molecule has 0 bridgehead atoms. The number of aryl methyl sites for hydroxylation is 1. The topological polar surface area (TPSA) is 80.9 Å². The van der Waals surface area contributed by atoms with Gasteiger partial charge in [0, 0.05) is 18.5 Å². The first-order chi connectivity index (χ1) is 17.4. The van der Waals surface area contributed by atoms with E-state index in [1.54, 1.807) is 12.1 Å². The van der Waals surface area contributed by atoms with Gasteiger partial charge in [0.15, 0.2) is 5.82 Å². The number of halogens is 1. The number of amides is 1. The summed E-state index contributed by atoms with van der Waals surface area (Å²) < 4.78 is 13.3. The van der Waals surface area contributed by atoms with Gasteiger partial charge in [-0.3, -0.25) is 4.79 Å². The van der Waals surface area contributed by atoms with Gasteiger partial charge < -0.3 is 11.1 Å². The number of anilines is 1. The summed E-state index contributed by atoms with van der Waals surface area (Å²) in [7, 11) is 0. The SMILES string of the molecule is C#CC/C(N)=C\C1=C(C)c2nc(Cc3ccccc3)c(NC(=O)Cc3ccc(F)cc3)nc2CCC1. The normalized spacial score (nSPS) is 13.5. The number of hydrogen-bond donors (Lipinski definition) is 2. The molecule has 0 saturated carbocycles. The number of hydrogen-bond acceptors (Lipinski definition) is 4. The second kappa shape index (κ2) is 11.5. The first-order valence-corrected chi connectivity index (χ1v) is 12.0. The van der Waals surface area contributed by atoms with E-state index in [9.17, 15) is 9.18 Å². The van der Waals surface area contributed by atoms with Crippen LogP contribution in [0.5, 0.6) is 0 Å². The highest BCUT2D eigenvalue weighted by Gasteiger charge is 2.21. The minimum Gasteiger partial charge on any atom is -0.401 e. The Kier molecular flexibility index (Phi) is 7.92. The molecule has 4 rings (SSSR count). The van der Waals surface area contributed by atoms with Gasteiger partial charge in [0.05, 0.1) is 23.5 Å². The molecule has 0 spiro atoms. The number of carbonyl (C=O) groups is 1. The summed E-state index contributed by atoms with van der Waals surface area (Å²) in [5.41, 5.74) is 13.0. The fourth-order valence-corrected chi connectivity index (χ4v) is 4.31. The molecule has 36 heavy (non-hydrogen) atoms. The lowest BCUT2D eigenvalue weighted by Gasteiger charge is -2.15. The highest BCUT2D eigenvalue weighted by atomic mass is 19.1. The lowest BCUT2D eigenvalue weighted by atomic mass is 10.0. The van der Waals surface area contributed by atoms with Crippen molar-refractivity contribution in [3.63, 3.8) is 0 Å². The predicted molar refractivity (Wildman–Crippen MR) is 141 cm³/mol. The van der Waals surface area contributed by atoms with Gasteiger partial charge in [-0.1, -0.05) is 42.5 Å². The van der Waals surface area contributed by atoms with Gasteiger partial charge in [0.2, 0.25) is 5.91 Å². The fourth-order valence-electron chi connectivity index (χ4n) is 4.31. The molecule has 1 aliphatic carbocycles. The molecule has 3 aromatic rings. The largest absolute Gasteiger partial charge is 0.401 e. The van der Waals surface area contributed by atoms with Crippen molar-refractivity contribution < 1.29 is 9.18 Å². The Balaban J connectivity index is 1.71. The van der Waals surface area contributed by atoms with E-state index in [0.29, 0.717) is 30.1 Å². The second-order valence-corrected chi connectivity index (χ2v) is 8.93.